The van der Waals surface area contributed by atoms with Crippen LogP contribution in [0.15, 0.2) is 0 Å². The van der Waals surface area contributed by atoms with Crippen molar-refractivity contribution in [1.82, 2.24) is 0 Å². The van der Waals surface area contributed by atoms with Crippen LogP contribution >= 0.6 is 15.6 Å². The molecule has 0 saturated carbocycles. The molecule has 0 unspecified atom stereocenters. The second-order valence-electron chi connectivity index (χ2n) is 0.976. The molecule has 0 heterocycles. The summed E-state index contributed by atoms with van der Waals surface area (Å²) in [5.41, 5.74) is 0. The second-order valence-corrected chi connectivity index (χ2v) is 3.42. The van der Waals surface area contributed by atoms with Crippen molar-refractivity contribution in [3.8, 4) is 0 Å². The maximum Gasteiger partial charge on any atom is 2.00 e. The molecule has 0 aromatic rings. The molecule has 0 aliphatic rings. The van der Waals surface area contributed by atoms with Gasteiger partial charge in [-0.1, -0.05) is 0 Å². The Bertz CT molecular complexity index is 157. The van der Waals surface area contributed by atoms with Crippen molar-refractivity contribution in [1.29, 1.82) is 0 Å². The summed E-state index contributed by atoms with van der Waals surface area (Å²) in [6.07, 6.45) is 0. The topological polar surface area (TPSA) is 136 Å². The van der Waals surface area contributed by atoms with Gasteiger partial charge in [0.15, 0.2) is 0 Å². The Morgan fingerprint density at radius 2 is 1.09 bits per heavy atom. The quantitative estimate of drug-likeness (QED) is 0.366. The van der Waals surface area contributed by atoms with Gasteiger partial charge in [0.05, 0.1) is 15.6 Å². The summed E-state index contributed by atoms with van der Waals surface area (Å²) in [5, 5.41) is 0. The maximum atomic E-state index is 9.32. The van der Waals surface area contributed by atoms with Crippen molar-refractivity contribution < 1.29 is 49.5 Å². The van der Waals surface area contributed by atoms with Crippen molar-refractivity contribution >= 4 is 38.7 Å². The van der Waals surface area contributed by atoms with Gasteiger partial charge in [-0.2, -0.15) is 0 Å². The predicted molar refractivity (Wildman–Crippen MR) is 22.1 cm³/mol. The molecule has 0 fully saturated rings. The van der Waals surface area contributed by atoms with E-state index < -0.39 is 15.6 Å². The molecule has 0 N–H and O–H groups in total. The molecule has 0 saturated heterocycles. The van der Waals surface area contributed by atoms with Crippen molar-refractivity contribution in [3.63, 3.8) is 0 Å². The molecule has 0 rings (SSSR count). The van der Waals surface area contributed by atoms with E-state index in [1.807, 2.05) is 0 Å². The van der Waals surface area contributed by atoms with Gasteiger partial charge in [-0.3, -0.25) is 0 Å². The van der Waals surface area contributed by atoms with E-state index in [0.717, 1.165) is 0 Å². The van der Waals surface area contributed by atoms with E-state index >= 15 is 0 Å². The number of phosphoric acid groups is 2. The van der Waals surface area contributed by atoms with Gasteiger partial charge < -0.3 is 33.0 Å². The third-order valence-corrected chi connectivity index (χ3v) is 1.80. The van der Waals surface area contributed by atoms with E-state index in [1.54, 1.807) is 0 Å². The molecule has 0 bridgehead atoms. The van der Waals surface area contributed by atoms with E-state index in [4.69, 9.17) is 0 Å². The summed E-state index contributed by atoms with van der Waals surface area (Å²) in [6.45, 7) is 0. The smallest absolute Gasteiger partial charge is 0.790 e. The van der Waals surface area contributed by atoms with Gasteiger partial charge in [-0.05, 0) is 0 Å². The van der Waals surface area contributed by atoms with Crippen LogP contribution in [-0.4, -0.2) is 23.1 Å². The van der Waals surface area contributed by atoms with Crippen LogP contribution in [0.4, 0.5) is 0 Å². The fourth-order valence-corrected chi connectivity index (χ4v) is 1.10. The molecule has 0 aliphatic carbocycles. The normalized spacial score (nSPS) is 11.3. The summed E-state index contributed by atoms with van der Waals surface area (Å²) in [4.78, 5) is 37.3. The molecule has 0 radical (unpaired) electrons. The van der Waals surface area contributed by atoms with E-state index in [1.165, 1.54) is 0 Å². The average molecular weight is 257 g/mol. The van der Waals surface area contributed by atoms with E-state index in [-0.39, 0.29) is 39.5 Å². The first-order valence-electron chi connectivity index (χ1n) is 1.46. The molecule has 0 amide bonds. The minimum absolute atomic E-state index is 0. The Kier molecular flexibility index (Phi) is 10.1. The van der Waals surface area contributed by atoms with Crippen molar-refractivity contribution in [2.24, 2.45) is 0 Å². The van der Waals surface area contributed by atoms with Gasteiger partial charge in [0.1, 0.15) is 0 Å². The van der Waals surface area contributed by atoms with Crippen LogP contribution in [0.2, 0.25) is 0 Å². The molecule has 0 atom stereocenters. The summed E-state index contributed by atoms with van der Waals surface area (Å²) < 4.78 is 21.2. The van der Waals surface area contributed by atoms with Gasteiger partial charge in [-0.25, -0.2) is 0 Å². The van der Waals surface area contributed by atoms with Crippen molar-refractivity contribution in [3.05, 3.63) is 0 Å². The molecular weight excluding hydrogens is 257 g/mol. The van der Waals surface area contributed by atoms with Crippen LogP contribution in [0.5, 0.6) is 0 Å². The van der Waals surface area contributed by atoms with Crippen LogP contribution in [0.3, 0.4) is 0 Å². The van der Waals surface area contributed by atoms with Gasteiger partial charge in [0, 0.05) is 0 Å². The fraction of sp³-hybridized carbons (Fsp3) is 0. The molecule has 0 aromatic carbocycles. The predicted octanol–water partition coefficient (Wildman–Crippen LogP) is -3.72. The van der Waals surface area contributed by atoms with Crippen LogP contribution < -0.4 is 19.6 Å². The van der Waals surface area contributed by atoms with Gasteiger partial charge in [-0.15, -0.1) is 0 Å². The van der Waals surface area contributed by atoms with Gasteiger partial charge >= 0.3 is 39.5 Å². The van der Waals surface area contributed by atoms with E-state index in [9.17, 15) is 28.7 Å². The third kappa shape index (κ3) is 18.5. The maximum absolute atomic E-state index is 9.32. The number of hydrogen-bond acceptors (Lipinski definition) is 7. The zero-order valence-corrected chi connectivity index (χ0v) is 8.97. The minimum Gasteiger partial charge on any atom is -0.790 e. The number of rotatable bonds is 2. The van der Waals surface area contributed by atoms with Crippen molar-refractivity contribution in [2.45, 2.75) is 0 Å². The Morgan fingerprint density at radius 3 is 1.09 bits per heavy atom. The first-order chi connectivity index (χ1) is 3.71. The number of hydrogen-bond donors (Lipinski definition) is 0. The van der Waals surface area contributed by atoms with Crippen LogP contribution in [0.25, 0.3) is 0 Å². The first-order valence-corrected chi connectivity index (χ1v) is 4.38. The van der Waals surface area contributed by atoms with Crippen molar-refractivity contribution in [2.75, 3.05) is 0 Å². The molecule has 7 nitrogen and oxygen atoms in total. The first kappa shape index (κ1) is 18.3. The monoisotopic (exact) mass is 256 g/mol. The zero-order chi connectivity index (χ0) is 7.71. The summed E-state index contributed by atoms with van der Waals surface area (Å²) in [7, 11) is -11.4. The molecule has 11 heteroatoms. The molecule has 0 aromatic heterocycles. The largest absolute Gasteiger partial charge is 2.00 e. The fourth-order valence-electron chi connectivity index (χ4n) is 0.122. The zero-order valence-electron chi connectivity index (χ0n) is 4.78. The molecular formula is MgNiO7P2. The molecule has 0 spiro atoms. The Labute approximate surface area is 88.1 Å². The van der Waals surface area contributed by atoms with Gasteiger partial charge in [0.25, 0.3) is 0 Å². The Hall–Kier alpha value is 1.52. The van der Waals surface area contributed by atoms with E-state index in [0.29, 0.717) is 0 Å². The third-order valence-electron chi connectivity index (χ3n) is 0.200. The molecule has 0 aliphatic heterocycles. The van der Waals surface area contributed by atoms with Gasteiger partial charge in [0.2, 0.25) is 0 Å². The van der Waals surface area contributed by atoms with Crippen LogP contribution in [0.1, 0.15) is 0 Å². The second kappa shape index (κ2) is 6.05. The molecule has 64 valence electrons. The Morgan fingerprint density at radius 1 is 0.909 bits per heavy atom. The minimum atomic E-state index is -5.68. The summed E-state index contributed by atoms with van der Waals surface area (Å²) in [5.74, 6) is 0. The average Bonchev–Trinajstić information content (AvgIpc) is 1.14. The summed E-state index contributed by atoms with van der Waals surface area (Å²) in [6, 6.07) is 0. The standard InChI is InChI=1S/Mg.Ni.H4O7P2/c;;1-8(2,3)7-9(4,5)6/h;;(H2,1,2,3)(H2,4,5,6)/q2*+2;/p-4. The van der Waals surface area contributed by atoms with Crippen LogP contribution in [-0.2, 0) is 29.9 Å². The molecule has 11 heavy (non-hydrogen) atoms. The van der Waals surface area contributed by atoms with Crippen LogP contribution in [0, 0.1) is 0 Å². The Balaban J connectivity index is -0.000000320. The summed E-state index contributed by atoms with van der Waals surface area (Å²) >= 11 is 0. The van der Waals surface area contributed by atoms with E-state index in [2.05, 4.69) is 4.31 Å². The SMILES string of the molecule is O=P([O-])([O-])OP(=O)([O-])[O-].[Mg+2].[Ni+2].